The lowest BCUT2D eigenvalue weighted by atomic mass is 9.89. The minimum absolute atomic E-state index is 0.0101. The molecule has 0 aliphatic carbocycles. The van der Waals surface area contributed by atoms with Gasteiger partial charge in [0.2, 0.25) is 35.5 Å². The maximum absolute atomic E-state index is 13.9. The number of benzene rings is 3. The Hall–Kier alpha value is -7.23. The van der Waals surface area contributed by atoms with Gasteiger partial charge < -0.3 is 46.5 Å². The summed E-state index contributed by atoms with van der Waals surface area (Å²) < 4.78 is 60.2. The van der Waals surface area contributed by atoms with Gasteiger partial charge in [-0.2, -0.15) is 13.2 Å². The van der Waals surface area contributed by atoms with Crippen LogP contribution in [-0.4, -0.2) is 104 Å². The number of ether oxygens (including phenoxy) is 3. The highest BCUT2D eigenvalue weighted by Gasteiger charge is 2.33. The van der Waals surface area contributed by atoms with Crippen LogP contribution in [0.1, 0.15) is 75.1 Å². The third kappa shape index (κ3) is 16.4. The van der Waals surface area contributed by atoms with Crippen LogP contribution in [0.5, 0.6) is 0 Å². The summed E-state index contributed by atoms with van der Waals surface area (Å²) in [5, 5.41) is 8.99. The molecule has 3 heterocycles. The van der Waals surface area contributed by atoms with Crippen molar-refractivity contribution in [3.8, 4) is 11.1 Å². The summed E-state index contributed by atoms with van der Waals surface area (Å²) >= 11 is 0. The number of carbonyl (C=O) groups is 6. The molecule has 0 radical (unpaired) electrons. The number of urea groups is 1. The fourth-order valence-corrected chi connectivity index (χ4v) is 8.93. The van der Waals surface area contributed by atoms with Crippen molar-refractivity contribution in [3.05, 3.63) is 102 Å². The summed E-state index contributed by atoms with van der Waals surface area (Å²) in [6.07, 6.45) is 0.323. The number of nitrogen functional groups attached to an aromatic ring is 1. The lowest BCUT2D eigenvalue weighted by molar-refractivity contribution is -0.667. The maximum atomic E-state index is 13.9. The first kappa shape index (κ1) is 57.1. The van der Waals surface area contributed by atoms with Crippen molar-refractivity contribution in [2.24, 2.45) is 24.6 Å². The number of carbonyl (C=O) groups excluding carboxylic acids is 6. The van der Waals surface area contributed by atoms with Crippen LogP contribution in [0.3, 0.4) is 0 Å². The van der Waals surface area contributed by atoms with Gasteiger partial charge in [0, 0.05) is 55.2 Å². The largest absolute Gasteiger partial charge is 0.416 e. The normalized spacial score (nSPS) is 13.1. The predicted molar refractivity (Wildman–Crippen MR) is 275 cm³/mol. The number of rotatable bonds is 28. The van der Waals surface area contributed by atoms with E-state index in [0.29, 0.717) is 76.0 Å². The standard InChI is InChI=1S/C54H66F3N9O9/c1-34(2)49(63-46(69)18-22-74-24-26-75-25-23-73-21-17-35(3)67)45(68)30-40(8-6-19-60-53(59)72)51(71)62-42-13-10-36(11-14-42)31-65-33-61-50(58)48-43(32-64(4)52(48)65)38-12-15-44-39(29-38)16-20-66(44)47(70)28-37-7-5-9-41(27-37)54(55,56)57/h5,7,9-15,27,29,32-34,40,49,58H,6,8,16-26,28,30-31H2,1-4H3,(H5,59,60,62,63,69,71,72)/p+1/t40-,49+/m1/s1. The zero-order valence-corrected chi connectivity index (χ0v) is 42.8. The summed E-state index contributed by atoms with van der Waals surface area (Å²) in [5.41, 5.74) is 16.8. The Labute approximate surface area is 433 Å². The minimum atomic E-state index is -4.51. The lowest BCUT2D eigenvalue weighted by Crippen LogP contribution is -2.45. The molecule has 0 unspecified atom stereocenters. The van der Waals surface area contributed by atoms with Crippen LogP contribution in [-0.2, 0) is 70.8 Å². The van der Waals surface area contributed by atoms with E-state index in [9.17, 15) is 41.9 Å². The van der Waals surface area contributed by atoms with Gasteiger partial charge in [-0.15, -0.1) is 0 Å². The smallest absolute Gasteiger partial charge is 0.379 e. The fourth-order valence-electron chi connectivity index (χ4n) is 8.93. The number of ketones is 2. The fraction of sp³-hybridized carbons (Fsp3) is 0.444. The van der Waals surface area contributed by atoms with Gasteiger partial charge in [-0.3, -0.25) is 28.5 Å². The van der Waals surface area contributed by atoms with Crippen LogP contribution in [0.15, 0.2) is 79.3 Å². The van der Waals surface area contributed by atoms with Crippen LogP contribution >= 0.6 is 0 Å². The minimum Gasteiger partial charge on any atom is -0.379 e. The molecule has 75 heavy (non-hydrogen) atoms. The number of nitrogens with one attached hydrogen (secondary N) is 3. The predicted octanol–water partition coefficient (Wildman–Crippen LogP) is 5.83. The van der Waals surface area contributed by atoms with Gasteiger partial charge in [0.1, 0.15) is 11.2 Å². The molecule has 0 fully saturated rings. The summed E-state index contributed by atoms with van der Waals surface area (Å²) in [6, 6.07) is 16.3. The van der Waals surface area contributed by atoms with Gasteiger partial charge in [0.05, 0.1) is 77.5 Å². The van der Waals surface area contributed by atoms with E-state index in [1.54, 1.807) is 23.4 Å². The van der Waals surface area contributed by atoms with E-state index in [-0.39, 0.29) is 80.3 Å². The van der Waals surface area contributed by atoms with E-state index in [4.69, 9.17) is 25.7 Å². The number of anilines is 3. The average Bonchev–Trinajstić information content (AvgIpc) is 3.95. The average molecular weight is 1040 g/mol. The van der Waals surface area contributed by atoms with Crippen molar-refractivity contribution < 1.29 is 60.7 Å². The highest BCUT2D eigenvalue weighted by Crippen LogP contribution is 2.37. The Kier molecular flexibility index (Phi) is 20.4. The Morgan fingerprint density at radius 1 is 0.880 bits per heavy atom. The van der Waals surface area contributed by atoms with Crippen LogP contribution in [0.4, 0.5) is 35.2 Å². The molecule has 2 atom stereocenters. The quantitative estimate of drug-likeness (QED) is 0.0295. The van der Waals surface area contributed by atoms with Crippen molar-refractivity contribution in [1.82, 2.24) is 20.2 Å². The molecule has 18 nitrogen and oxygen atoms in total. The molecular weight excluding hydrogens is 976 g/mol. The number of aryl methyl sites for hydroxylation is 1. The number of primary amides is 1. The van der Waals surface area contributed by atoms with Crippen molar-refractivity contribution in [2.75, 3.05) is 68.7 Å². The number of alkyl halides is 3. The van der Waals surface area contributed by atoms with Gasteiger partial charge in [0.15, 0.2) is 5.78 Å². The van der Waals surface area contributed by atoms with E-state index in [2.05, 4.69) is 20.9 Å². The number of hydrogen-bond donors (Lipinski definition) is 5. The molecule has 0 bridgehead atoms. The molecule has 1 aliphatic heterocycles. The SMILES string of the molecule is CC(=O)CCOCCOCCOCCC(=O)N[C@H](C(=O)C[C@@H](CCCNC(N)=O)C(=O)Nc1ccc(C[n+]2cnc(N)c3c(-c4ccc5c(c4)CCN5C(=O)Cc4cccc(C(F)(F)F)c4)cn(C)c32)cc1)C(C)C. The summed E-state index contributed by atoms with van der Waals surface area (Å²) in [7, 11) is 1.90. The lowest BCUT2D eigenvalue weighted by Gasteiger charge is -2.24. The molecule has 7 N–H and O–H groups in total. The van der Waals surface area contributed by atoms with Gasteiger partial charge >= 0.3 is 12.2 Å². The number of fused-ring (bicyclic) bond motifs is 2. The first-order valence-electron chi connectivity index (χ1n) is 25.0. The summed E-state index contributed by atoms with van der Waals surface area (Å²) in [5.74, 6) is -2.09. The van der Waals surface area contributed by atoms with Crippen molar-refractivity contribution >= 4 is 63.5 Å². The first-order valence-corrected chi connectivity index (χ1v) is 25.0. The van der Waals surface area contributed by atoms with Crippen LogP contribution in [0.2, 0.25) is 0 Å². The molecule has 0 saturated heterocycles. The molecule has 6 rings (SSSR count). The van der Waals surface area contributed by atoms with E-state index in [0.717, 1.165) is 45.4 Å². The molecule has 3 aromatic carbocycles. The van der Waals surface area contributed by atoms with Crippen molar-refractivity contribution in [2.45, 2.75) is 84.5 Å². The van der Waals surface area contributed by atoms with Gasteiger partial charge in [-0.05, 0) is 84.7 Å². The highest BCUT2D eigenvalue weighted by atomic mass is 19.4. The second kappa shape index (κ2) is 26.8. The zero-order chi connectivity index (χ0) is 54.2. The molecule has 0 saturated carbocycles. The Morgan fingerprint density at radius 3 is 2.24 bits per heavy atom. The Morgan fingerprint density at radius 2 is 1.57 bits per heavy atom. The Bertz CT molecular complexity index is 2820. The first-order chi connectivity index (χ1) is 35.8. The number of nitrogens with two attached hydrogens (primary N) is 2. The van der Waals surface area contributed by atoms with E-state index in [1.165, 1.54) is 19.1 Å². The molecule has 0 spiro atoms. The number of halogens is 3. The second-order valence-electron chi connectivity index (χ2n) is 18.9. The molecule has 5 aromatic rings. The highest BCUT2D eigenvalue weighted by molar-refractivity contribution is 6.01. The van der Waals surface area contributed by atoms with E-state index >= 15 is 0 Å². The van der Waals surface area contributed by atoms with Gasteiger partial charge in [-0.25, -0.2) is 9.36 Å². The molecule has 402 valence electrons. The Balaban J connectivity index is 1.06. The van der Waals surface area contributed by atoms with Crippen molar-refractivity contribution in [1.29, 1.82) is 0 Å². The zero-order valence-electron chi connectivity index (χ0n) is 42.8. The third-order valence-corrected chi connectivity index (χ3v) is 12.8. The van der Waals surface area contributed by atoms with E-state index in [1.807, 2.05) is 66.6 Å². The number of nitrogens with zero attached hydrogens (tertiary/aromatic N) is 4. The second-order valence-corrected chi connectivity index (χ2v) is 18.9. The number of Topliss-reactive ketones (excluding diaryl/α,β-unsaturated/α-hetero) is 2. The molecular formula is C54H67F3N9O9+. The number of amides is 5. The topological polar surface area (TPSA) is 243 Å². The molecule has 21 heteroatoms. The van der Waals surface area contributed by atoms with Crippen molar-refractivity contribution in [3.63, 3.8) is 0 Å². The van der Waals surface area contributed by atoms with E-state index < -0.39 is 35.6 Å². The molecule has 1 aliphatic rings. The third-order valence-electron chi connectivity index (χ3n) is 12.8. The van der Waals surface area contributed by atoms with Crippen LogP contribution < -0.4 is 36.9 Å². The monoisotopic (exact) mass is 1040 g/mol. The summed E-state index contributed by atoms with van der Waals surface area (Å²) in [6.45, 7) is 7.80. The maximum Gasteiger partial charge on any atom is 0.416 e. The van der Waals surface area contributed by atoms with Gasteiger partial charge in [-0.1, -0.05) is 55.2 Å². The summed E-state index contributed by atoms with van der Waals surface area (Å²) in [4.78, 5) is 82.4. The number of aromatic nitrogens is 3. The molecule has 5 amide bonds. The van der Waals surface area contributed by atoms with Crippen LogP contribution in [0.25, 0.3) is 22.2 Å². The molecule has 2 aromatic heterocycles. The van der Waals surface area contributed by atoms with Gasteiger partial charge in [0.25, 0.3) is 0 Å². The van der Waals surface area contributed by atoms with Crippen LogP contribution in [0, 0.1) is 11.8 Å². The number of hydrogen-bond acceptors (Lipinski definition) is 11.